The summed E-state index contributed by atoms with van der Waals surface area (Å²) in [5, 5.41) is 3.30. The molecule has 2 saturated carbocycles. The lowest BCUT2D eigenvalue weighted by Crippen LogP contribution is -2.55. The molecule has 2 aliphatic carbocycles. The zero-order valence-electron chi connectivity index (χ0n) is 31.8. The number of hydrogen-bond acceptors (Lipinski definition) is 8. The Morgan fingerprint density at radius 3 is 2.41 bits per heavy atom. The summed E-state index contributed by atoms with van der Waals surface area (Å²) in [6.45, 7) is 13.2. The molecule has 0 unspecified atom stereocenters. The van der Waals surface area contributed by atoms with Crippen molar-refractivity contribution in [1.82, 2.24) is 10.2 Å². The van der Waals surface area contributed by atoms with Crippen LogP contribution in [0.3, 0.4) is 0 Å². The third kappa shape index (κ3) is 9.74. The second-order valence-electron chi connectivity index (χ2n) is 16.2. The fraction of sp³-hybridized carbons (Fsp3) is 0.744. The number of hydrogen-bond donors (Lipinski definition) is 1. The molecular formula is C39H60N4O8. The van der Waals surface area contributed by atoms with Gasteiger partial charge in [-0.1, -0.05) is 19.3 Å². The van der Waals surface area contributed by atoms with Gasteiger partial charge in [0, 0.05) is 51.7 Å². The van der Waals surface area contributed by atoms with Gasteiger partial charge in [0.15, 0.2) is 5.60 Å². The normalized spacial score (nSPS) is 22.8. The van der Waals surface area contributed by atoms with Crippen molar-refractivity contribution in [3.05, 3.63) is 18.2 Å². The molecule has 12 heteroatoms. The second-order valence-corrected chi connectivity index (χ2v) is 16.2. The fourth-order valence-corrected chi connectivity index (χ4v) is 7.66. The van der Waals surface area contributed by atoms with E-state index in [1.54, 1.807) is 25.9 Å². The van der Waals surface area contributed by atoms with Crippen LogP contribution in [0, 0.1) is 17.8 Å². The van der Waals surface area contributed by atoms with E-state index in [1.165, 1.54) is 11.3 Å². The van der Waals surface area contributed by atoms with Crippen molar-refractivity contribution in [3.8, 4) is 5.75 Å². The average Bonchev–Trinajstić information content (AvgIpc) is 3.93. The summed E-state index contributed by atoms with van der Waals surface area (Å²) in [7, 11) is 1.63. The molecule has 51 heavy (non-hydrogen) atoms. The van der Waals surface area contributed by atoms with E-state index in [1.807, 2.05) is 50.8 Å². The van der Waals surface area contributed by atoms with Crippen LogP contribution in [0.1, 0.15) is 99.3 Å². The first-order valence-electron chi connectivity index (χ1n) is 19.1. The van der Waals surface area contributed by atoms with E-state index in [2.05, 4.69) is 5.32 Å². The van der Waals surface area contributed by atoms with Crippen LogP contribution in [0.15, 0.2) is 18.2 Å². The Bertz CT molecular complexity index is 1400. The molecule has 1 aromatic carbocycles. The highest BCUT2D eigenvalue weighted by molar-refractivity contribution is 6.04. The largest absolute Gasteiger partial charge is 0.476 e. The molecule has 0 radical (unpaired) electrons. The molecule has 0 bridgehead atoms. The highest BCUT2D eigenvalue weighted by Crippen LogP contribution is 2.43. The van der Waals surface area contributed by atoms with Gasteiger partial charge in [0.25, 0.3) is 5.91 Å². The third-order valence-corrected chi connectivity index (χ3v) is 10.4. The number of ether oxygens (including phenoxy) is 4. The van der Waals surface area contributed by atoms with Crippen LogP contribution in [-0.2, 0) is 28.6 Å². The Hall–Kier alpha value is -3.38. The van der Waals surface area contributed by atoms with Crippen molar-refractivity contribution in [2.45, 2.75) is 123 Å². The van der Waals surface area contributed by atoms with Gasteiger partial charge < -0.3 is 39.0 Å². The summed E-state index contributed by atoms with van der Waals surface area (Å²) in [5.41, 5.74) is -0.485. The Labute approximate surface area is 303 Å². The smallest absolute Gasteiger partial charge is 0.410 e. The van der Waals surface area contributed by atoms with Gasteiger partial charge in [-0.15, -0.1) is 0 Å². The first-order chi connectivity index (χ1) is 24.2. The highest BCUT2D eigenvalue weighted by Gasteiger charge is 2.45. The van der Waals surface area contributed by atoms with Crippen molar-refractivity contribution in [1.29, 1.82) is 0 Å². The Kier molecular flexibility index (Phi) is 12.6. The summed E-state index contributed by atoms with van der Waals surface area (Å²) < 4.78 is 23.0. The Morgan fingerprint density at radius 2 is 1.76 bits per heavy atom. The molecule has 0 spiro atoms. The van der Waals surface area contributed by atoms with Gasteiger partial charge in [0.1, 0.15) is 11.4 Å². The molecule has 5 rings (SSSR count). The van der Waals surface area contributed by atoms with Crippen LogP contribution in [0.5, 0.6) is 5.75 Å². The Balaban J connectivity index is 1.42. The molecule has 3 fully saturated rings. The number of nitrogens with zero attached hydrogens (tertiary/aromatic N) is 3. The predicted octanol–water partition coefficient (Wildman–Crippen LogP) is 5.70. The molecule has 2 aliphatic heterocycles. The van der Waals surface area contributed by atoms with E-state index >= 15 is 0 Å². The predicted molar refractivity (Wildman–Crippen MR) is 195 cm³/mol. The summed E-state index contributed by atoms with van der Waals surface area (Å²) in [5.74, 6) is -0.770. The van der Waals surface area contributed by atoms with Crippen LogP contribution in [-0.4, -0.2) is 98.6 Å². The maximum Gasteiger partial charge on any atom is 0.410 e. The number of methoxy groups -OCH3 is 1. The number of fused-ring (bicyclic) bond motifs is 1. The zero-order chi connectivity index (χ0) is 36.9. The average molecular weight is 713 g/mol. The summed E-state index contributed by atoms with van der Waals surface area (Å²) in [6.07, 6.45) is 7.67. The SMILES string of the molecule is CCOC[C@@H](NC(=O)[C@H]1C[C@@H](C(=O)N(c2ccc3c(c2)N(CCCOC)C(=O)C(C)(C)O3)C2CC2)CN(C(=O)OC(C)(C)C)C1)C1CCCCC1. The van der Waals surface area contributed by atoms with Crippen LogP contribution in [0.4, 0.5) is 16.2 Å². The van der Waals surface area contributed by atoms with Crippen molar-refractivity contribution in [2.24, 2.45) is 17.8 Å². The van der Waals surface area contributed by atoms with E-state index in [4.69, 9.17) is 18.9 Å². The zero-order valence-corrected chi connectivity index (χ0v) is 31.8. The molecule has 3 atom stereocenters. The van der Waals surface area contributed by atoms with E-state index in [9.17, 15) is 19.2 Å². The maximum absolute atomic E-state index is 14.7. The lowest BCUT2D eigenvalue weighted by Gasteiger charge is -2.41. The maximum atomic E-state index is 14.7. The molecule has 0 aromatic heterocycles. The molecule has 284 valence electrons. The fourth-order valence-electron chi connectivity index (χ4n) is 7.66. The topological polar surface area (TPSA) is 127 Å². The van der Waals surface area contributed by atoms with Crippen LogP contribution in [0.25, 0.3) is 0 Å². The molecule has 4 amide bonds. The number of rotatable bonds is 13. The van der Waals surface area contributed by atoms with Gasteiger partial charge in [-0.3, -0.25) is 14.4 Å². The number of benzene rings is 1. The summed E-state index contributed by atoms with van der Waals surface area (Å²) in [4.78, 5) is 60.9. The summed E-state index contributed by atoms with van der Waals surface area (Å²) >= 11 is 0. The minimum Gasteiger partial charge on any atom is -0.476 e. The minimum absolute atomic E-state index is 0.0137. The lowest BCUT2D eigenvalue weighted by atomic mass is 9.83. The highest BCUT2D eigenvalue weighted by atomic mass is 16.6. The number of likely N-dealkylation sites (tertiary alicyclic amines) is 1. The number of carbonyl (C=O) groups excluding carboxylic acids is 4. The first-order valence-corrected chi connectivity index (χ1v) is 19.1. The molecule has 1 aromatic rings. The molecule has 4 aliphatic rings. The van der Waals surface area contributed by atoms with Gasteiger partial charge in [-0.2, -0.15) is 0 Å². The first kappa shape index (κ1) is 38.8. The van der Waals surface area contributed by atoms with Crippen molar-refractivity contribution < 1.29 is 38.1 Å². The van der Waals surface area contributed by atoms with Gasteiger partial charge >= 0.3 is 6.09 Å². The monoisotopic (exact) mass is 712 g/mol. The van der Waals surface area contributed by atoms with E-state index < -0.39 is 29.1 Å². The van der Waals surface area contributed by atoms with Crippen LogP contribution < -0.4 is 19.9 Å². The molecule has 12 nitrogen and oxygen atoms in total. The number of nitrogens with one attached hydrogen (secondary N) is 1. The third-order valence-electron chi connectivity index (χ3n) is 10.4. The van der Waals surface area contributed by atoms with Crippen LogP contribution >= 0.6 is 0 Å². The number of anilines is 2. The van der Waals surface area contributed by atoms with Crippen molar-refractivity contribution >= 4 is 35.2 Å². The lowest BCUT2D eigenvalue weighted by molar-refractivity contribution is -0.133. The molecular weight excluding hydrogens is 652 g/mol. The second kappa shape index (κ2) is 16.5. The number of carbonyl (C=O) groups is 4. The van der Waals surface area contributed by atoms with Crippen molar-refractivity contribution in [2.75, 3.05) is 56.4 Å². The van der Waals surface area contributed by atoms with Crippen LogP contribution in [0.2, 0.25) is 0 Å². The van der Waals surface area contributed by atoms with Gasteiger partial charge in [-0.25, -0.2) is 4.79 Å². The molecule has 2 heterocycles. The Morgan fingerprint density at radius 1 is 1.06 bits per heavy atom. The van der Waals surface area contributed by atoms with E-state index in [0.717, 1.165) is 38.5 Å². The summed E-state index contributed by atoms with van der Waals surface area (Å²) in [6, 6.07) is 5.44. The van der Waals surface area contributed by atoms with E-state index in [0.29, 0.717) is 62.2 Å². The van der Waals surface area contributed by atoms with Gasteiger partial charge in [0.2, 0.25) is 11.8 Å². The number of amides is 4. The minimum atomic E-state index is -1.03. The van der Waals surface area contributed by atoms with Crippen molar-refractivity contribution in [3.63, 3.8) is 0 Å². The standard InChI is InChI=1S/C39H60N4O8/c1-8-49-25-31(26-13-10-9-11-14-26)40-34(44)27-21-28(24-41(23-27)37(47)51-38(2,3)4)35(45)43(29-15-16-29)30-17-18-33-32(22-30)42(19-12-20-48-7)36(46)39(5,6)50-33/h17-18,22,26-29,31H,8-16,19-21,23-25H2,1-7H3,(H,40,44)/t27-,28+,31+/m0/s1. The molecule has 1 N–H and O–H groups in total. The molecule has 1 saturated heterocycles. The number of piperidine rings is 1. The van der Waals surface area contributed by atoms with E-state index in [-0.39, 0.29) is 42.9 Å². The van der Waals surface area contributed by atoms with Gasteiger partial charge in [-0.05, 0) is 104 Å². The van der Waals surface area contributed by atoms with Gasteiger partial charge in [0.05, 0.1) is 30.2 Å². The quantitative estimate of drug-likeness (QED) is 0.259.